The van der Waals surface area contributed by atoms with E-state index in [4.69, 9.17) is 4.74 Å². The Morgan fingerprint density at radius 3 is 2.86 bits per heavy atom. The highest BCUT2D eigenvalue weighted by Gasteiger charge is 2.45. The highest BCUT2D eigenvalue weighted by atomic mass is 19.1. The van der Waals surface area contributed by atoms with Crippen molar-refractivity contribution < 1.29 is 23.1 Å². The summed E-state index contributed by atoms with van der Waals surface area (Å²) in [7, 11) is 0. The highest BCUT2D eigenvalue weighted by molar-refractivity contribution is 5.81. The number of carbonyl (C=O) groups is 2. The second kappa shape index (κ2) is 9.15. The van der Waals surface area contributed by atoms with Gasteiger partial charge in [-0.1, -0.05) is 6.07 Å². The molecule has 1 aromatic heterocycles. The van der Waals surface area contributed by atoms with E-state index in [0.29, 0.717) is 32.2 Å². The van der Waals surface area contributed by atoms with Crippen LogP contribution in [0.5, 0.6) is 0 Å². The van der Waals surface area contributed by atoms with Gasteiger partial charge in [-0.25, -0.2) is 8.78 Å². The first-order valence-corrected chi connectivity index (χ1v) is 9.80. The molecule has 8 heteroatoms. The number of esters is 1. The number of benzene rings is 1. The fraction of sp³-hybridized carbons (Fsp3) is 0.476. The number of rotatable bonds is 7. The molecule has 156 valence electrons. The molecule has 0 bridgehead atoms. The molecule has 2 aromatic rings. The number of likely N-dealkylation sites (tertiary alicyclic amines) is 1. The number of hydrogen-bond donors (Lipinski definition) is 1. The Labute approximate surface area is 168 Å². The lowest BCUT2D eigenvalue weighted by Crippen LogP contribution is -2.51. The Morgan fingerprint density at radius 1 is 1.34 bits per heavy atom. The standard InChI is InChI=1S/C21H25F2N3O3/c1-2-29-20(28)21(11-16-5-6-17(22)10-18(16)23)8-3-9-26(14-21)19(27)7-4-15-12-24-25-13-15/h5-6,10,12-13H,2-4,7-9,11,14H2,1H3,(H,24,25). The van der Waals surface area contributed by atoms with E-state index in [1.54, 1.807) is 24.2 Å². The number of amides is 1. The Balaban J connectivity index is 1.77. The Bertz CT molecular complexity index is 857. The first-order valence-electron chi connectivity index (χ1n) is 9.80. The third kappa shape index (κ3) is 4.99. The van der Waals surface area contributed by atoms with Crippen LogP contribution in [0.25, 0.3) is 0 Å². The summed E-state index contributed by atoms with van der Waals surface area (Å²) in [6.07, 6.45) is 5.40. The van der Waals surface area contributed by atoms with E-state index in [-0.39, 0.29) is 31.0 Å². The van der Waals surface area contributed by atoms with Gasteiger partial charge >= 0.3 is 5.97 Å². The molecule has 1 unspecified atom stereocenters. The molecule has 1 aliphatic rings. The molecule has 29 heavy (non-hydrogen) atoms. The first kappa shape index (κ1) is 21.0. The molecule has 1 amide bonds. The minimum atomic E-state index is -1.04. The van der Waals surface area contributed by atoms with Gasteiger partial charge in [0.15, 0.2) is 0 Å². The van der Waals surface area contributed by atoms with Crippen LogP contribution in [0.1, 0.15) is 37.3 Å². The summed E-state index contributed by atoms with van der Waals surface area (Å²) in [5.74, 6) is -1.89. The second-order valence-electron chi connectivity index (χ2n) is 7.44. The molecule has 1 N–H and O–H groups in total. The van der Waals surface area contributed by atoms with Gasteiger partial charge in [0.2, 0.25) is 5.91 Å². The smallest absolute Gasteiger partial charge is 0.314 e. The summed E-state index contributed by atoms with van der Waals surface area (Å²) in [6.45, 7) is 2.60. The SMILES string of the molecule is CCOC(=O)C1(Cc2ccc(F)cc2F)CCCN(C(=O)CCc2cn[nH]c2)C1. The maximum Gasteiger partial charge on any atom is 0.314 e. The molecule has 0 saturated carbocycles. The average Bonchev–Trinajstić information content (AvgIpc) is 3.22. The number of piperidine rings is 1. The molecule has 1 atom stereocenters. The minimum absolute atomic E-state index is 0.0590. The fourth-order valence-corrected chi connectivity index (χ4v) is 3.87. The minimum Gasteiger partial charge on any atom is -0.466 e. The van der Waals surface area contributed by atoms with Gasteiger partial charge in [0, 0.05) is 31.8 Å². The number of ether oxygens (including phenoxy) is 1. The van der Waals surface area contributed by atoms with Crippen LogP contribution in [0.4, 0.5) is 8.78 Å². The summed E-state index contributed by atoms with van der Waals surface area (Å²) in [5, 5.41) is 6.58. The van der Waals surface area contributed by atoms with E-state index in [0.717, 1.165) is 11.6 Å². The van der Waals surface area contributed by atoms with E-state index in [2.05, 4.69) is 10.2 Å². The van der Waals surface area contributed by atoms with Crippen molar-refractivity contribution in [1.82, 2.24) is 15.1 Å². The number of aryl methyl sites for hydroxylation is 1. The molecule has 1 aliphatic heterocycles. The predicted octanol–water partition coefficient (Wildman–Crippen LogP) is 3.04. The summed E-state index contributed by atoms with van der Waals surface area (Å²) >= 11 is 0. The largest absolute Gasteiger partial charge is 0.466 e. The predicted molar refractivity (Wildman–Crippen MR) is 102 cm³/mol. The molecule has 6 nitrogen and oxygen atoms in total. The zero-order chi connectivity index (χ0) is 20.9. The number of carbonyl (C=O) groups excluding carboxylic acids is 2. The van der Waals surface area contributed by atoms with E-state index in [9.17, 15) is 18.4 Å². The fourth-order valence-electron chi connectivity index (χ4n) is 3.87. The van der Waals surface area contributed by atoms with Gasteiger partial charge in [0.25, 0.3) is 0 Å². The summed E-state index contributed by atoms with van der Waals surface area (Å²) < 4.78 is 32.8. The van der Waals surface area contributed by atoms with E-state index in [1.165, 1.54) is 12.1 Å². The lowest BCUT2D eigenvalue weighted by molar-refractivity contribution is -0.160. The van der Waals surface area contributed by atoms with Crippen molar-refractivity contribution in [3.8, 4) is 0 Å². The highest BCUT2D eigenvalue weighted by Crippen LogP contribution is 2.36. The number of hydrogen-bond acceptors (Lipinski definition) is 4. The van der Waals surface area contributed by atoms with Crippen LogP contribution in [0.2, 0.25) is 0 Å². The van der Waals surface area contributed by atoms with Crippen molar-refractivity contribution >= 4 is 11.9 Å². The quantitative estimate of drug-likeness (QED) is 0.719. The molecule has 0 aliphatic carbocycles. The maximum absolute atomic E-state index is 14.3. The lowest BCUT2D eigenvalue weighted by atomic mass is 9.74. The molecule has 1 aromatic carbocycles. The third-order valence-electron chi connectivity index (χ3n) is 5.36. The number of halogens is 2. The molecule has 0 spiro atoms. The van der Waals surface area contributed by atoms with Crippen molar-refractivity contribution in [1.29, 1.82) is 0 Å². The van der Waals surface area contributed by atoms with Crippen molar-refractivity contribution in [2.45, 2.75) is 39.0 Å². The van der Waals surface area contributed by atoms with Gasteiger partial charge in [-0.15, -0.1) is 0 Å². The molecule has 1 fully saturated rings. The monoisotopic (exact) mass is 405 g/mol. The summed E-state index contributed by atoms with van der Waals surface area (Å²) in [6, 6.07) is 3.34. The Hall–Kier alpha value is -2.77. The summed E-state index contributed by atoms with van der Waals surface area (Å²) in [4.78, 5) is 27.2. The van der Waals surface area contributed by atoms with Gasteiger partial charge in [-0.05, 0) is 49.8 Å². The van der Waals surface area contributed by atoms with Gasteiger partial charge < -0.3 is 9.64 Å². The van der Waals surface area contributed by atoms with Crippen LogP contribution >= 0.6 is 0 Å². The van der Waals surface area contributed by atoms with Gasteiger partial charge in [-0.2, -0.15) is 5.10 Å². The molecule has 3 rings (SSSR count). The van der Waals surface area contributed by atoms with Gasteiger partial charge in [0.05, 0.1) is 18.2 Å². The van der Waals surface area contributed by atoms with Crippen LogP contribution in [-0.2, 0) is 27.2 Å². The number of nitrogens with one attached hydrogen (secondary N) is 1. The normalized spacial score (nSPS) is 19.2. The van der Waals surface area contributed by atoms with Gasteiger partial charge in [-0.3, -0.25) is 14.7 Å². The average molecular weight is 405 g/mol. The van der Waals surface area contributed by atoms with Crippen LogP contribution in [0, 0.1) is 17.0 Å². The van der Waals surface area contributed by atoms with Crippen molar-refractivity contribution in [2.24, 2.45) is 5.41 Å². The van der Waals surface area contributed by atoms with Crippen molar-refractivity contribution in [3.05, 3.63) is 53.4 Å². The van der Waals surface area contributed by atoms with Crippen molar-refractivity contribution in [2.75, 3.05) is 19.7 Å². The molecular formula is C21H25F2N3O3. The zero-order valence-corrected chi connectivity index (χ0v) is 16.4. The molecular weight excluding hydrogens is 380 g/mol. The van der Waals surface area contributed by atoms with Crippen LogP contribution in [-0.4, -0.2) is 46.7 Å². The third-order valence-corrected chi connectivity index (χ3v) is 5.36. The van der Waals surface area contributed by atoms with Crippen molar-refractivity contribution in [3.63, 3.8) is 0 Å². The number of H-pyrrole nitrogens is 1. The molecule has 2 heterocycles. The lowest BCUT2D eigenvalue weighted by Gasteiger charge is -2.41. The second-order valence-corrected chi connectivity index (χ2v) is 7.44. The van der Waals surface area contributed by atoms with Crippen LogP contribution in [0.15, 0.2) is 30.6 Å². The number of aromatic nitrogens is 2. The van der Waals surface area contributed by atoms with E-state index in [1.807, 2.05) is 0 Å². The van der Waals surface area contributed by atoms with Crippen LogP contribution < -0.4 is 0 Å². The first-order chi connectivity index (χ1) is 13.9. The molecule has 1 saturated heterocycles. The topological polar surface area (TPSA) is 75.3 Å². The summed E-state index contributed by atoms with van der Waals surface area (Å²) in [5.41, 5.74) is 0.130. The number of nitrogens with zero attached hydrogens (tertiary/aromatic N) is 2. The van der Waals surface area contributed by atoms with Crippen LogP contribution in [0.3, 0.4) is 0 Å². The van der Waals surface area contributed by atoms with Gasteiger partial charge in [0.1, 0.15) is 11.6 Å². The number of aromatic amines is 1. The molecule has 0 radical (unpaired) electrons. The zero-order valence-electron chi connectivity index (χ0n) is 16.4. The van der Waals surface area contributed by atoms with E-state index < -0.39 is 23.0 Å². The maximum atomic E-state index is 14.3. The Kier molecular flexibility index (Phi) is 6.61. The van der Waals surface area contributed by atoms with E-state index >= 15 is 0 Å². The Morgan fingerprint density at radius 2 is 2.17 bits per heavy atom.